The highest BCUT2D eigenvalue weighted by atomic mass is 35.5. The lowest BCUT2D eigenvalue weighted by molar-refractivity contribution is 0.0954. The molecular formula is C24H21ClN2O. The number of H-pyrrole nitrogens is 1. The highest BCUT2D eigenvalue weighted by Crippen LogP contribution is 2.23. The van der Waals surface area contributed by atoms with E-state index in [2.05, 4.69) is 35.4 Å². The molecule has 3 nitrogen and oxygen atoms in total. The van der Waals surface area contributed by atoms with Crippen LogP contribution in [0.25, 0.3) is 22.0 Å². The zero-order chi connectivity index (χ0) is 19.5. The van der Waals surface area contributed by atoms with E-state index in [-0.39, 0.29) is 5.91 Å². The van der Waals surface area contributed by atoms with Gasteiger partial charge in [0, 0.05) is 34.2 Å². The summed E-state index contributed by atoms with van der Waals surface area (Å²) < 4.78 is 0. The fourth-order valence-electron chi connectivity index (χ4n) is 3.41. The first-order chi connectivity index (χ1) is 13.6. The van der Waals surface area contributed by atoms with E-state index in [0.29, 0.717) is 17.1 Å². The van der Waals surface area contributed by atoms with E-state index in [1.54, 1.807) is 0 Å². The first-order valence-electron chi connectivity index (χ1n) is 9.31. The number of amides is 1. The Morgan fingerprint density at radius 2 is 1.82 bits per heavy atom. The predicted octanol–water partition coefficient (Wildman–Crippen LogP) is 5.77. The molecule has 4 aromatic rings. The molecular weight excluding hydrogens is 368 g/mol. The maximum absolute atomic E-state index is 12.5. The van der Waals surface area contributed by atoms with Crippen molar-refractivity contribution < 1.29 is 4.79 Å². The van der Waals surface area contributed by atoms with Crippen LogP contribution in [-0.2, 0) is 6.42 Å². The molecule has 3 aromatic carbocycles. The van der Waals surface area contributed by atoms with Crippen molar-refractivity contribution in [2.45, 2.75) is 13.3 Å². The molecule has 1 aromatic heterocycles. The quantitative estimate of drug-likeness (QED) is 0.448. The van der Waals surface area contributed by atoms with Crippen LogP contribution in [0.2, 0.25) is 5.02 Å². The Hall–Kier alpha value is -3.04. The summed E-state index contributed by atoms with van der Waals surface area (Å²) in [6.07, 6.45) is 2.72. The lowest BCUT2D eigenvalue weighted by Gasteiger charge is -2.07. The monoisotopic (exact) mass is 388 g/mol. The highest BCUT2D eigenvalue weighted by Gasteiger charge is 2.08. The van der Waals surface area contributed by atoms with Crippen molar-refractivity contribution in [3.8, 4) is 11.1 Å². The van der Waals surface area contributed by atoms with Crippen LogP contribution >= 0.6 is 11.6 Å². The fraction of sp³-hybridized carbons (Fsp3) is 0.125. The maximum atomic E-state index is 12.5. The molecule has 0 aliphatic carbocycles. The highest BCUT2D eigenvalue weighted by molar-refractivity contribution is 6.31. The molecule has 0 saturated heterocycles. The average molecular weight is 389 g/mol. The molecule has 0 saturated carbocycles. The van der Waals surface area contributed by atoms with Gasteiger partial charge in [0.25, 0.3) is 5.91 Å². The second kappa shape index (κ2) is 7.91. The number of aromatic nitrogens is 1. The van der Waals surface area contributed by atoms with Crippen LogP contribution in [0.4, 0.5) is 0 Å². The Morgan fingerprint density at radius 1 is 1.00 bits per heavy atom. The molecule has 0 spiro atoms. The Balaban J connectivity index is 1.39. The van der Waals surface area contributed by atoms with Crippen LogP contribution in [0.5, 0.6) is 0 Å². The standard InChI is InChI=1S/C24H21ClN2O/c1-16-3-2-4-19(13-16)17-5-7-18(8-6-17)24(28)26-12-11-20-15-27-23-10-9-21(25)14-22(20)23/h2-10,13-15,27H,11-12H2,1H3,(H,26,28). The van der Waals surface area contributed by atoms with Gasteiger partial charge in [-0.15, -0.1) is 0 Å². The second-order valence-corrected chi connectivity index (χ2v) is 7.39. The van der Waals surface area contributed by atoms with Gasteiger partial charge in [0.15, 0.2) is 0 Å². The molecule has 0 fully saturated rings. The van der Waals surface area contributed by atoms with E-state index in [1.165, 1.54) is 5.56 Å². The average Bonchev–Trinajstić information content (AvgIpc) is 3.10. The number of hydrogen-bond acceptors (Lipinski definition) is 1. The third-order valence-electron chi connectivity index (χ3n) is 4.91. The van der Waals surface area contributed by atoms with E-state index in [4.69, 9.17) is 11.6 Å². The summed E-state index contributed by atoms with van der Waals surface area (Å²) in [7, 11) is 0. The fourth-order valence-corrected chi connectivity index (χ4v) is 3.58. The maximum Gasteiger partial charge on any atom is 0.251 e. The van der Waals surface area contributed by atoms with Crippen molar-refractivity contribution in [2.75, 3.05) is 6.54 Å². The van der Waals surface area contributed by atoms with Gasteiger partial charge in [0.1, 0.15) is 0 Å². The smallest absolute Gasteiger partial charge is 0.251 e. The van der Waals surface area contributed by atoms with Gasteiger partial charge in [-0.1, -0.05) is 53.6 Å². The van der Waals surface area contributed by atoms with Gasteiger partial charge in [-0.2, -0.15) is 0 Å². The van der Waals surface area contributed by atoms with Gasteiger partial charge < -0.3 is 10.3 Å². The molecule has 0 aliphatic heterocycles. The van der Waals surface area contributed by atoms with E-state index in [9.17, 15) is 4.79 Å². The zero-order valence-corrected chi connectivity index (χ0v) is 16.4. The molecule has 4 rings (SSSR count). The largest absolute Gasteiger partial charge is 0.361 e. The van der Waals surface area contributed by atoms with Gasteiger partial charge in [-0.05, 0) is 60.4 Å². The summed E-state index contributed by atoms with van der Waals surface area (Å²) in [6.45, 7) is 2.64. The Labute approximate surface area is 169 Å². The number of aromatic amines is 1. The first kappa shape index (κ1) is 18.3. The minimum Gasteiger partial charge on any atom is -0.361 e. The van der Waals surface area contributed by atoms with Crippen LogP contribution in [0.1, 0.15) is 21.5 Å². The second-order valence-electron chi connectivity index (χ2n) is 6.96. The zero-order valence-electron chi connectivity index (χ0n) is 15.6. The number of rotatable bonds is 5. The molecule has 0 radical (unpaired) electrons. The molecule has 4 heteroatoms. The van der Waals surface area contributed by atoms with Gasteiger partial charge in [-0.25, -0.2) is 0 Å². The number of carbonyl (C=O) groups is 1. The van der Waals surface area contributed by atoms with E-state index in [1.807, 2.05) is 54.7 Å². The van der Waals surface area contributed by atoms with E-state index >= 15 is 0 Å². The molecule has 0 unspecified atom stereocenters. The third kappa shape index (κ3) is 3.95. The topological polar surface area (TPSA) is 44.9 Å². The molecule has 1 amide bonds. The van der Waals surface area contributed by atoms with Crippen LogP contribution in [0.15, 0.2) is 72.9 Å². The van der Waals surface area contributed by atoms with Crippen LogP contribution in [0.3, 0.4) is 0 Å². The SMILES string of the molecule is Cc1cccc(-c2ccc(C(=O)NCCc3c[nH]c4ccc(Cl)cc34)cc2)c1. The molecule has 0 bridgehead atoms. The lowest BCUT2D eigenvalue weighted by atomic mass is 10.0. The lowest BCUT2D eigenvalue weighted by Crippen LogP contribution is -2.25. The number of nitrogens with one attached hydrogen (secondary N) is 2. The number of carbonyl (C=O) groups excluding carboxylic acids is 1. The van der Waals surface area contributed by atoms with Gasteiger partial charge in [0.2, 0.25) is 0 Å². The minimum absolute atomic E-state index is 0.0614. The molecule has 2 N–H and O–H groups in total. The van der Waals surface area contributed by atoms with Crippen molar-refractivity contribution in [3.05, 3.63) is 94.6 Å². The van der Waals surface area contributed by atoms with Crippen molar-refractivity contribution in [1.82, 2.24) is 10.3 Å². The Bertz CT molecular complexity index is 1130. The summed E-state index contributed by atoms with van der Waals surface area (Å²) in [6, 6.07) is 21.9. The van der Waals surface area contributed by atoms with Crippen LogP contribution in [-0.4, -0.2) is 17.4 Å². The Kier molecular flexibility index (Phi) is 5.18. The third-order valence-corrected chi connectivity index (χ3v) is 5.14. The molecule has 28 heavy (non-hydrogen) atoms. The van der Waals surface area contributed by atoms with Crippen molar-refractivity contribution >= 4 is 28.4 Å². The number of hydrogen-bond donors (Lipinski definition) is 2. The molecule has 0 atom stereocenters. The van der Waals surface area contributed by atoms with Crippen molar-refractivity contribution in [1.29, 1.82) is 0 Å². The Morgan fingerprint density at radius 3 is 2.61 bits per heavy atom. The van der Waals surface area contributed by atoms with E-state index in [0.717, 1.165) is 34.0 Å². The predicted molar refractivity (Wildman–Crippen MR) is 116 cm³/mol. The number of fused-ring (bicyclic) bond motifs is 1. The van der Waals surface area contributed by atoms with Gasteiger partial charge in [-0.3, -0.25) is 4.79 Å². The number of benzene rings is 3. The minimum atomic E-state index is -0.0614. The normalized spacial score (nSPS) is 10.9. The first-order valence-corrected chi connectivity index (χ1v) is 9.69. The van der Waals surface area contributed by atoms with E-state index < -0.39 is 0 Å². The number of halogens is 1. The summed E-state index contributed by atoms with van der Waals surface area (Å²) in [5, 5.41) is 4.81. The van der Waals surface area contributed by atoms with Gasteiger partial charge >= 0.3 is 0 Å². The van der Waals surface area contributed by atoms with Crippen LogP contribution < -0.4 is 5.32 Å². The summed E-state index contributed by atoms with van der Waals surface area (Å²) in [4.78, 5) is 15.7. The molecule has 140 valence electrons. The summed E-state index contributed by atoms with van der Waals surface area (Å²) in [5.74, 6) is -0.0614. The summed E-state index contributed by atoms with van der Waals surface area (Å²) in [5.41, 5.74) is 6.35. The van der Waals surface area contributed by atoms with Gasteiger partial charge in [0.05, 0.1) is 0 Å². The van der Waals surface area contributed by atoms with Crippen molar-refractivity contribution in [3.63, 3.8) is 0 Å². The van der Waals surface area contributed by atoms with Crippen LogP contribution in [0, 0.1) is 6.92 Å². The number of aryl methyl sites for hydroxylation is 1. The molecule has 0 aliphatic rings. The molecule has 1 heterocycles. The summed E-state index contributed by atoms with van der Waals surface area (Å²) >= 11 is 6.09. The van der Waals surface area contributed by atoms with Crippen molar-refractivity contribution in [2.24, 2.45) is 0 Å².